The van der Waals surface area contributed by atoms with Crippen LogP contribution in [-0.4, -0.2) is 24.2 Å². The first-order valence-electron chi connectivity index (χ1n) is 4.50. The molecule has 1 atom stereocenters. The highest BCUT2D eigenvalue weighted by molar-refractivity contribution is 5.89. The van der Waals surface area contributed by atoms with Gasteiger partial charge in [-0.1, -0.05) is 37.5 Å². The number of carboxylic acid groups (broad SMARTS) is 1. The van der Waals surface area contributed by atoms with Crippen LogP contribution < -0.4 is 0 Å². The Morgan fingerprint density at radius 3 is 2.44 bits per heavy atom. The minimum atomic E-state index is -1.09. The fourth-order valence-corrected chi connectivity index (χ4v) is 0.948. The molecule has 0 fully saturated rings. The summed E-state index contributed by atoms with van der Waals surface area (Å²) < 4.78 is 4.50. The summed E-state index contributed by atoms with van der Waals surface area (Å²) in [6, 6.07) is 0. The molecule has 0 amide bonds. The van der Waals surface area contributed by atoms with Crippen LogP contribution in [0.15, 0.2) is 49.1 Å². The van der Waals surface area contributed by atoms with Gasteiger partial charge in [0.05, 0.1) is 7.11 Å². The lowest BCUT2D eigenvalue weighted by molar-refractivity contribution is -0.136. The van der Waals surface area contributed by atoms with Crippen molar-refractivity contribution in [2.24, 2.45) is 5.92 Å². The Hall–Kier alpha value is -2.10. The second-order valence-corrected chi connectivity index (χ2v) is 2.86. The SMILES string of the molecule is C=CC=CC(C=CC(=O)O)C(=C)C(=O)OC. The van der Waals surface area contributed by atoms with Gasteiger partial charge in [0.25, 0.3) is 0 Å². The fraction of sp³-hybridized carbons (Fsp3) is 0.167. The number of carbonyl (C=O) groups excluding carboxylic acids is 1. The van der Waals surface area contributed by atoms with E-state index in [0.717, 1.165) is 6.08 Å². The number of allylic oxidation sites excluding steroid dienone is 4. The predicted octanol–water partition coefficient (Wildman–Crippen LogP) is 1.71. The molecular weight excluding hydrogens is 208 g/mol. The maximum absolute atomic E-state index is 11.2. The van der Waals surface area contributed by atoms with Gasteiger partial charge in [-0.3, -0.25) is 0 Å². The third-order valence-corrected chi connectivity index (χ3v) is 1.75. The molecule has 4 nitrogen and oxygen atoms in total. The summed E-state index contributed by atoms with van der Waals surface area (Å²) >= 11 is 0. The lowest BCUT2D eigenvalue weighted by Gasteiger charge is -2.08. The number of carbonyl (C=O) groups is 2. The van der Waals surface area contributed by atoms with Gasteiger partial charge in [0, 0.05) is 17.6 Å². The van der Waals surface area contributed by atoms with E-state index in [0.29, 0.717) is 0 Å². The number of methoxy groups -OCH3 is 1. The number of rotatable bonds is 6. The molecule has 1 unspecified atom stereocenters. The lowest BCUT2D eigenvalue weighted by atomic mass is 9.99. The van der Waals surface area contributed by atoms with Crippen LogP contribution in [-0.2, 0) is 14.3 Å². The van der Waals surface area contributed by atoms with Gasteiger partial charge in [-0.2, -0.15) is 0 Å². The van der Waals surface area contributed by atoms with E-state index >= 15 is 0 Å². The topological polar surface area (TPSA) is 63.6 Å². The molecule has 16 heavy (non-hydrogen) atoms. The average Bonchev–Trinajstić information content (AvgIpc) is 2.27. The Labute approximate surface area is 94.2 Å². The van der Waals surface area contributed by atoms with Gasteiger partial charge in [0.15, 0.2) is 0 Å². The number of carboxylic acids is 1. The minimum absolute atomic E-state index is 0.165. The van der Waals surface area contributed by atoms with E-state index in [1.54, 1.807) is 12.2 Å². The zero-order valence-electron chi connectivity index (χ0n) is 9.05. The molecule has 0 bridgehead atoms. The van der Waals surface area contributed by atoms with E-state index < -0.39 is 17.9 Å². The molecule has 0 rings (SSSR count). The molecule has 0 heterocycles. The highest BCUT2D eigenvalue weighted by Gasteiger charge is 2.14. The maximum Gasteiger partial charge on any atom is 0.334 e. The standard InChI is InChI=1S/C12H14O4/c1-4-5-6-10(7-8-11(13)14)9(2)12(15)16-3/h4-8,10H,1-2H2,3H3,(H,13,14). The second kappa shape index (κ2) is 7.23. The molecule has 0 aliphatic rings. The van der Waals surface area contributed by atoms with Gasteiger partial charge >= 0.3 is 11.9 Å². The summed E-state index contributed by atoms with van der Waals surface area (Å²) in [6.45, 7) is 7.03. The lowest BCUT2D eigenvalue weighted by Crippen LogP contribution is -2.10. The van der Waals surface area contributed by atoms with Crippen LogP contribution in [0.25, 0.3) is 0 Å². The van der Waals surface area contributed by atoms with Crippen molar-refractivity contribution in [3.8, 4) is 0 Å². The van der Waals surface area contributed by atoms with Crippen molar-refractivity contribution in [2.45, 2.75) is 0 Å². The monoisotopic (exact) mass is 222 g/mol. The molecule has 0 aliphatic heterocycles. The molecule has 0 aliphatic carbocycles. The molecule has 0 spiro atoms. The van der Waals surface area contributed by atoms with Crippen LogP contribution in [0.5, 0.6) is 0 Å². The second-order valence-electron chi connectivity index (χ2n) is 2.86. The van der Waals surface area contributed by atoms with Gasteiger partial charge in [0.2, 0.25) is 0 Å². The summed E-state index contributed by atoms with van der Waals surface area (Å²) in [6.07, 6.45) is 7.02. The van der Waals surface area contributed by atoms with Crippen LogP contribution in [0.4, 0.5) is 0 Å². The van der Waals surface area contributed by atoms with E-state index in [-0.39, 0.29) is 5.57 Å². The molecule has 86 valence electrons. The van der Waals surface area contributed by atoms with Crippen molar-refractivity contribution < 1.29 is 19.4 Å². The van der Waals surface area contributed by atoms with Crippen molar-refractivity contribution in [1.82, 2.24) is 0 Å². The van der Waals surface area contributed by atoms with Crippen LogP contribution in [0, 0.1) is 5.92 Å². The fourth-order valence-electron chi connectivity index (χ4n) is 0.948. The van der Waals surface area contributed by atoms with Crippen LogP contribution in [0.2, 0.25) is 0 Å². The van der Waals surface area contributed by atoms with Crippen LogP contribution in [0.1, 0.15) is 0 Å². The van der Waals surface area contributed by atoms with Gasteiger partial charge in [-0.25, -0.2) is 9.59 Å². The Bertz CT molecular complexity index is 350. The molecule has 4 heteroatoms. The van der Waals surface area contributed by atoms with Crippen molar-refractivity contribution >= 4 is 11.9 Å². The van der Waals surface area contributed by atoms with Gasteiger partial charge in [-0.15, -0.1) is 0 Å². The Morgan fingerprint density at radius 1 is 1.38 bits per heavy atom. The number of ether oxygens (including phenoxy) is 1. The zero-order valence-corrected chi connectivity index (χ0v) is 9.05. The molecule has 0 saturated carbocycles. The first-order chi connectivity index (χ1) is 7.52. The highest BCUT2D eigenvalue weighted by atomic mass is 16.5. The Balaban J connectivity index is 4.86. The smallest absolute Gasteiger partial charge is 0.334 e. The van der Waals surface area contributed by atoms with Crippen LogP contribution in [0.3, 0.4) is 0 Å². The summed E-state index contributed by atoms with van der Waals surface area (Å²) in [5.74, 6) is -2.18. The predicted molar refractivity (Wildman–Crippen MR) is 60.8 cm³/mol. The van der Waals surface area contributed by atoms with E-state index in [2.05, 4.69) is 17.9 Å². The summed E-state index contributed by atoms with van der Waals surface area (Å²) in [7, 11) is 1.24. The van der Waals surface area contributed by atoms with E-state index in [9.17, 15) is 9.59 Å². The Morgan fingerprint density at radius 2 is 2.00 bits per heavy atom. The summed E-state index contributed by atoms with van der Waals surface area (Å²) in [5, 5.41) is 8.49. The number of aliphatic carboxylic acids is 1. The van der Waals surface area contributed by atoms with Crippen molar-refractivity contribution in [3.63, 3.8) is 0 Å². The van der Waals surface area contributed by atoms with Gasteiger partial charge < -0.3 is 9.84 Å². The number of hydrogen-bond acceptors (Lipinski definition) is 3. The molecule has 0 aromatic rings. The molecule has 0 saturated heterocycles. The molecular formula is C12H14O4. The third-order valence-electron chi connectivity index (χ3n) is 1.75. The van der Waals surface area contributed by atoms with Gasteiger partial charge in [0.1, 0.15) is 0 Å². The zero-order chi connectivity index (χ0) is 12.6. The maximum atomic E-state index is 11.2. The minimum Gasteiger partial charge on any atom is -0.478 e. The van der Waals surface area contributed by atoms with Crippen molar-refractivity contribution in [3.05, 3.63) is 49.1 Å². The van der Waals surface area contributed by atoms with Crippen molar-refractivity contribution in [2.75, 3.05) is 7.11 Å². The highest BCUT2D eigenvalue weighted by Crippen LogP contribution is 2.14. The van der Waals surface area contributed by atoms with E-state index in [1.165, 1.54) is 19.3 Å². The van der Waals surface area contributed by atoms with E-state index in [1.807, 2.05) is 0 Å². The summed E-state index contributed by atoms with van der Waals surface area (Å²) in [5.41, 5.74) is 0.165. The average molecular weight is 222 g/mol. The number of hydrogen-bond donors (Lipinski definition) is 1. The molecule has 0 aromatic carbocycles. The molecule has 0 aromatic heterocycles. The quantitative estimate of drug-likeness (QED) is 0.422. The Kier molecular flexibility index (Phi) is 6.28. The third kappa shape index (κ3) is 4.95. The molecule has 1 N–H and O–H groups in total. The molecule has 0 radical (unpaired) electrons. The summed E-state index contributed by atoms with van der Waals surface area (Å²) in [4.78, 5) is 21.6. The van der Waals surface area contributed by atoms with Gasteiger partial charge in [-0.05, 0) is 0 Å². The van der Waals surface area contributed by atoms with Crippen LogP contribution >= 0.6 is 0 Å². The first kappa shape index (κ1) is 13.9. The van der Waals surface area contributed by atoms with Crippen molar-refractivity contribution in [1.29, 1.82) is 0 Å². The largest absolute Gasteiger partial charge is 0.478 e. The van der Waals surface area contributed by atoms with E-state index in [4.69, 9.17) is 5.11 Å². The normalized spacial score (nSPS) is 12.6. The first-order valence-corrected chi connectivity index (χ1v) is 4.50. The number of esters is 1.